The van der Waals surface area contributed by atoms with E-state index in [2.05, 4.69) is 32.6 Å². The first-order chi connectivity index (χ1) is 15.6. The Morgan fingerprint density at radius 1 is 1.24 bits per heavy atom. The zero-order valence-electron chi connectivity index (χ0n) is 19.3. The van der Waals surface area contributed by atoms with Crippen LogP contribution in [0.4, 0.5) is 14.9 Å². The van der Waals surface area contributed by atoms with Gasteiger partial charge < -0.3 is 4.90 Å². The average molecular weight is 487 g/mol. The molecule has 4 rings (SSSR count). The summed E-state index contributed by atoms with van der Waals surface area (Å²) in [5.41, 5.74) is 2.96. The molecule has 2 aromatic rings. The fourth-order valence-corrected chi connectivity index (χ4v) is 5.88. The minimum Gasteiger partial charge on any atom is -0.366 e. The molecule has 0 saturated carbocycles. The van der Waals surface area contributed by atoms with Crippen LogP contribution in [0, 0.1) is 5.82 Å². The first-order valence-corrected chi connectivity index (χ1v) is 12.4. The first-order valence-electron chi connectivity index (χ1n) is 11.2. The van der Waals surface area contributed by atoms with Crippen molar-refractivity contribution in [1.29, 1.82) is 0 Å². The minimum atomic E-state index is -0.427. The van der Waals surface area contributed by atoms with Gasteiger partial charge in [0.2, 0.25) is 0 Å². The molecule has 1 fully saturated rings. The van der Waals surface area contributed by atoms with Gasteiger partial charge in [0, 0.05) is 28.4 Å². The van der Waals surface area contributed by atoms with E-state index in [0.717, 1.165) is 47.3 Å². The number of halogens is 2. The molecule has 2 aliphatic rings. The number of hydrogen-bond donors (Lipinski definition) is 0. The third-order valence-corrected chi connectivity index (χ3v) is 7.67. The summed E-state index contributed by atoms with van der Waals surface area (Å²) in [6.07, 6.45) is 3.43. The molecule has 7 heteroatoms. The van der Waals surface area contributed by atoms with E-state index in [-0.39, 0.29) is 28.1 Å². The molecule has 33 heavy (non-hydrogen) atoms. The molecular formula is C26H28ClFN2O2S. The Bertz CT molecular complexity index is 1150. The summed E-state index contributed by atoms with van der Waals surface area (Å²) in [4.78, 5) is 29.2. The molecule has 2 aliphatic heterocycles. The van der Waals surface area contributed by atoms with Crippen LogP contribution in [0.5, 0.6) is 0 Å². The quantitative estimate of drug-likeness (QED) is 0.418. The van der Waals surface area contributed by atoms with Crippen LogP contribution >= 0.6 is 23.4 Å². The monoisotopic (exact) mass is 486 g/mol. The van der Waals surface area contributed by atoms with Crippen LogP contribution < -0.4 is 4.90 Å². The number of amides is 2. The summed E-state index contributed by atoms with van der Waals surface area (Å²) < 4.78 is 15.2. The topological polar surface area (TPSA) is 40.6 Å². The lowest BCUT2D eigenvalue weighted by Crippen LogP contribution is -2.48. The Kier molecular flexibility index (Phi) is 6.61. The van der Waals surface area contributed by atoms with Crippen molar-refractivity contribution in [2.24, 2.45) is 0 Å². The Balaban J connectivity index is 1.66. The van der Waals surface area contributed by atoms with Crippen molar-refractivity contribution in [2.45, 2.75) is 58.5 Å². The number of rotatable bonds is 5. The molecule has 0 radical (unpaired) electrons. The van der Waals surface area contributed by atoms with E-state index in [1.165, 1.54) is 6.08 Å². The summed E-state index contributed by atoms with van der Waals surface area (Å²) in [7, 11) is 0. The lowest BCUT2D eigenvalue weighted by Gasteiger charge is -2.47. The molecule has 1 unspecified atom stereocenters. The van der Waals surface area contributed by atoms with E-state index in [9.17, 15) is 9.59 Å². The normalized spacial score (nSPS) is 21.2. The van der Waals surface area contributed by atoms with Crippen molar-refractivity contribution in [3.05, 3.63) is 68.8 Å². The Morgan fingerprint density at radius 2 is 1.97 bits per heavy atom. The van der Waals surface area contributed by atoms with Gasteiger partial charge in [0.05, 0.1) is 11.4 Å². The molecular weight excluding hydrogens is 459 g/mol. The van der Waals surface area contributed by atoms with Crippen molar-refractivity contribution in [1.82, 2.24) is 4.90 Å². The summed E-state index contributed by atoms with van der Waals surface area (Å²) in [6.45, 7) is 9.62. The maximum absolute atomic E-state index is 15.2. The van der Waals surface area contributed by atoms with Crippen LogP contribution in [0.15, 0.2) is 41.3 Å². The highest BCUT2D eigenvalue weighted by Crippen LogP contribution is 2.45. The van der Waals surface area contributed by atoms with E-state index in [4.69, 9.17) is 11.6 Å². The molecule has 2 amide bonds. The van der Waals surface area contributed by atoms with Crippen LogP contribution in [0.25, 0.3) is 6.08 Å². The highest BCUT2D eigenvalue weighted by atomic mass is 35.5. The standard InChI is InChI=1S/C26H28ClFN2O2S/c1-5-10-30-22-13-21(28)18(11-19(22)16(2)14-26(30,3)4)12-23-24(31)29(25(32)33-23)15-17-8-6-7-9-20(17)27/h6-9,11-13,16H,5,10,14-15H2,1-4H3/b23-12+. The van der Waals surface area contributed by atoms with Gasteiger partial charge in [0.15, 0.2) is 0 Å². The largest absolute Gasteiger partial charge is 0.366 e. The summed E-state index contributed by atoms with van der Waals surface area (Å²) >= 11 is 7.03. The predicted octanol–water partition coefficient (Wildman–Crippen LogP) is 7.22. The second-order valence-electron chi connectivity index (χ2n) is 9.36. The number of carbonyl (C=O) groups is 2. The third kappa shape index (κ3) is 4.56. The van der Waals surface area contributed by atoms with Crippen molar-refractivity contribution in [2.75, 3.05) is 11.4 Å². The molecule has 2 heterocycles. The lowest BCUT2D eigenvalue weighted by molar-refractivity contribution is -0.123. The summed E-state index contributed by atoms with van der Waals surface area (Å²) in [5.74, 6) is -0.562. The maximum atomic E-state index is 15.2. The van der Waals surface area contributed by atoms with Crippen molar-refractivity contribution >= 4 is 46.3 Å². The Morgan fingerprint density at radius 3 is 2.67 bits per heavy atom. The number of imide groups is 1. The minimum absolute atomic E-state index is 0.0578. The van der Waals surface area contributed by atoms with Gasteiger partial charge in [0.25, 0.3) is 11.1 Å². The van der Waals surface area contributed by atoms with E-state index < -0.39 is 11.7 Å². The first kappa shape index (κ1) is 23.8. The Hall–Kier alpha value is -2.31. The predicted molar refractivity (Wildman–Crippen MR) is 134 cm³/mol. The van der Waals surface area contributed by atoms with Crippen LogP contribution in [0.2, 0.25) is 5.02 Å². The van der Waals surface area contributed by atoms with E-state index in [1.807, 2.05) is 12.1 Å². The molecule has 0 aliphatic carbocycles. The fraction of sp³-hybridized carbons (Fsp3) is 0.385. The van der Waals surface area contributed by atoms with Gasteiger partial charge in [-0.1, -0.05) is 43.6 Å². The number of benzene rings is 2. The van der Waals surface area contributed by atoms with Gasteiger partial charge in [0.1, 0.15) is 5.82 Å². The molecule has 1 atom stereocenters. The lowest BCUT2D eigenvalue weighted by atomic mass is 9.79. The fourth-order valence-electron chi connectivity index (χ4n) is 4.85. The highest BCUT2D eigenvalue weighted by Gasteiger charge is 2.38. The van der Waals surface area contributed by atoms with Gasteiger partial charge >= 0.3 is 0 Å². The van der Waals surface area contributed by atoms with E-state index in [0.29, 0.717) is 16.1 Å². The van der Waals surface area contributed by atoms with Crippen molar-refractivity contribution in [3.63, 3.8) is 0 Å². The molecule has 0 aromatic heterocycles. The zero-order chi connectivity index (χ0) is 23.9. The molecule has 0 N–H and O–H groups in total. The number of carbonyl (C=O) groups excluding carboxylic acids is 2. The smallest absolute Gasteiger partial charge is 0.293 e. The number of thioether (sulfide) groups is 1. The van der Waals surface area contributed by atoms with Gasteiger partial charge in [-0.3, -0.25) is 14.5 Å². The highest BCUT2D eigenvalue weighted by molar-refractivity contribution is 8.18. The second kappa shape index (κ2) is 9.15. The number of anilines is 1. The Labute approximate surface area is 203 Å². The molecule has 4 nitrogen and oxygen atoms in total. The van der Waals surface area contributed by atoms with Crippen LogP contribution in [-0.2, 0) is 11.3 Å². The van der Waals surface area contributed by atoms with E-state index in [1.54, 1.807) is 24.3 Å². The van der Waals surface area contributed by atoms with Gasteiger partial charge in [-0.15, -0.1) is 0 Å². The van der Waals surface area contributed by atoms with Crippen molar-refractivity contribution < 1.29 is 14.0 Å². The van der Waals surface area contributed by atoms with Gasteiger partial charge in [-0.05, 0) is 79.8 Å². The van der Waals surface area contributed by atoms with Gasteiger partial charge in [-0.25, -0.2) is 4.39 Å². The van der Waals surface area contributed by atoms with E-state index >= 15 is 4.39 Å². The van der Waals surface area contributed by atoms with Crippen molar-refractivity contribution in [3.8, 4) is 0 Å². The van der Waals surface area contributed by atoms with Crippen LogP contribution in [-0.4, -0.2) is 28.1 Å². The molecule has 1 saturated heterocycles. The summed E-state index contributed by atoms with van der Waals surface area (Å²) in [5, 5.41) is 0.114. The number of hydrogen-bond acceptors (Lipinski definition) is 4. The second-order valence-corrected chi connectivity index (χ2v) is 10.8. The van der Waals surface area contributed by atoms with Crippen LogP contribution in [0.1, 0.15) is 63.1 Å². The maximum Gasteiger partial charge on any atom is 0.293 e. The SMILES string of the molecule is CCCN1c2cc(F)c(/C=C3/SC(=O)N(Cc4ccccc4Cl)C3=O)cc2C(C)CC1(C)C. The summed E-state index contributed by atoms with van der Waals surface area (Å²) in [6, 6.07) is 10.5. The van der Waals surface area contributed by atoms with Crippen LogP contribution in [0.3, 0.4) is 0 Å². The molecule has 0 bridgehead atoms. The van der Waals surface area contributed by atoms with Gasteiger partial charge in [-0.2, -0.15) is 0 Å². The average Bonchev–Trinajstić information content (AvgIpc) is 3.00. The number of fused-ring (bicyclic) bond motifs is 1. The number of nitrogens with zero attached hydrogens (tertiary/aromatic N) is 2. The molecule has 0 spiro atoms. The molecule has 2 aromatic carbocycles. The molecule has 174 valence electrons. The zero-order valence-corrected chi connectivity index (χ0v) is 20.9. The third-order valence-electron chi connectivity index (χ3n) is 6.40.